The van der Waals surface area contributed by atoms with Crippen LogP contribution in [0, 0.1) is 17.3 Å². The van der Waals surface area contributed by atoms with Crippen LogP contribution >= 0.6 is 0 Å². The van der Waals surface area contributed by atoms with Crippen LogP contribution in [0.3, 0.4) is 0 Å². The van der Waals surface area contributed by atoms with Gasteiger partial charge in [0.2, 0.25) is 0 Å². The van der Waals surface area contributed by atoms with Crippen LogP contribution in [0.15, 0.2) is 12.2 Å². The molecule has 2 unspecified atom stereocenters. The van der Waals surface area contributed by atoms with E-state index in [0.717, 1.165) is 32.1 Å². The van der Waals surface area contributed by atoms with Crippen LogP contribution in [0.25, 0.3) is 0 Å². The Balaban J connectivity index is 1.88. The Kier molecular flexibility index (Phi) is 2.89. The van der Waals surface area contributed by atoms with Gasteiger partial charge in [0.15, 0.2) is 0 Å². The van der Waals surface area contributed by atoms with Crippen LogP contribution in [-0.4, -0.2) is 22.3 Å². The molecule has 0 aromatic rings. The third-order valence-corrected chi connectivity index (χ3v) is 6.00. The van der Waals surface area contributed by atoms with Crippen LogP contribution in [-0.2, 0) is 9.53 Å². The molecule has 0 radical (unpaired) electrons. The molecule has 20 heavy (non-hydrogen) atoms. The summed E-state index contributed by atoms with van der Waals surface area (Å²) < 4.78 is 5.78. The quantitative estimate of drug-likeness (QED) is 0.637. The van der Waals surface area contributed by atoms with E-state index in [1.165, 1.54) is 6.42 Å². The van der Waals surface area contributed by atoms with Gasteiger partial charge in [-0.25, -0.2) is 4.79 Å². The predicted molar refractivity (Wildman–Crippen MR) is 77.0 cm³/mol. The molecule has 4 rings (SSSR count). The van der Waals surface area contributed by atoms with Gasteiger partial charge in [0.05, 0.1) is 5.60 Å². The fourth-order valence-electron chi connectivity index (χ4n) is 5.35. The van der Waals surface area contributed by atoms with Crippen LogP contribution in [0.5, 0.6) is 0 Å². The topological polar surface area (TPSA) is 46.5 Å². The third-order valence-electron chi connectivity index (χ3n) is 6.00. The van der Waals surface area contributed by atoms with Crippen molar-refractivity contribution in [2.75, 3.05) is 0 Å². The van der Waals surface area contributed by atoms with E-state index in [0.29, 0.717) is 17.4 Å². The van der Waals surface area contributed by atoms with Gasteiger partial charge in [-0.15, -0.1) is 0 Å². The molecule has 3 heteroatoms. The molecule has 0 aliphatic heterocycles. The average molecular weight is 278 g/mol. The van der Waals surface area contributed by atoms with E-state index in [-0.39, 0.29) is 11.4 Å². The van der Waals surface area contributed by atoms with Gasteiger partial charge in [0.25, 0.3) is 0 Å². The van der Waals surface area contributed by atoms with Crippen molar-refractivity contribution in [3.05, 3.63) is 12.2 Å². The minimum absolute atomic E-state index is 0.0586. The lowest BCUT2D eigenvalue weighted by atomic mass is 9.44. The van der Waals surface area contributed by atoms with Crippen molar-refractivity contribution in [3.8, 4) is 0 Å². The third kappa shape index (κ3) is 2.02. The molecule has 0 aromatic heterocycles. The van der Waals surface area contributed by atoms with E-state index in [9.17, 15) is 9.90 Å². The van der Waals surface area contributed by atoms with E-state index in [2.05, 4.69) is 6.58 Å². The predicted octanol–water partition coefficient (Wildman–Crippen LogP) is 3.22. The number of carbonyl (C=O) groups is 1. The Bertz CT molecular complexity index is 449. The van der Waals surface area contributed by atoms with Gasteiger partial charge in [0, 0.05) is 11.0 Å². The summed E-state index contributed by atoms with van der Waals surface area (Å²) in [4.78, 5) is 11.9. The van der Waals surface area contributed by atoms with Crippen molar-refractivity contribution in [1.29, 1.82) is 0 Å². The van der Waals surface area contributed by atoms with Crippen molar-refractivity contribution in [2.45, 2.75) is 70.5 Å². The normalized spacial score (nSPS) is 42.6. The second kappa shape index (κ2) is 4.09. The minimum Gasteiger partial charge on any atom is -0.456 e. The van der Waals surface area contributed by atoms with Gasteiger partial charge in [-0.1, -0.05) is 6.58 Å². The molecule has 4 fully saturated rings. The van der Waals surface area contributed by atoms with E-state index in [1.807, 2.05) is 13.8 Å². The zero-order chi connectivity index (χ0) is 14.8. The van der Waals surface area contributed by atoms with Crippen molar-refractivity contribution >= 4 is 5.97 Å². The highest BCUT2D eigenvalue weighted by Gasteiger charge is 2.63. The number of ether oxygens (including phenoxy) is 1. The van der Waals surface area contributed by atoms with Gasteiger partial charge >= 0.3 is 5.97 Å². The molecule has 1 N–H and O–H groups in total. The molecule has 4 aliphatic rings. The maximum atomic E-state index is 11.9. The Labute approximate surface area is 121 Å². The highest BCUT2D eigenvalue weighted by atomic mass is 16.6. The summed E-state index contributed by atoms with van der Waals surface area (Å²) in [5.74, 6) is 0.894. The Morgan fingerprint density at radius 3 is 2.25 bits per heavy atom. The number of aliphatic hydroxyl groups is 1. The molecule has 3 nitrogen and oxygen atoms in total. The standard InChI is InChI=1S/C17H26O3/c1-11(2)14(18)20-15(3,4)16-6-12-5-13(7-16)9-17(19,8-12)10-16/h12-13,19H,1,5-10H2,2-4H3. The summed E-state index contributed by atoms with van der Waals surface area (Å²) in [5.41, 5.74) is -0.663. The maximum absolute atomic E-state index is 11.9. The van der Waals surface area contributed by atoms with Crippen LogP contribution in [0.4, 0.5) is 0 Å². The van der Waals surface area contributed by atoms with E-state index >= 15 is 0 Å². The number of carbonyl (C=O) groups excluding carboxylic acids is 1. The van der Waals surface area contributed by atoms with Crippen LogP contribution in [0.1, 0.15) is 59.3 Å². The van der Waals surface area contributed by atoms with Crippen molar-refractivity contribution in [2.24, 2.45) is 17.3 Å². The molecule has 4 bridgehead atoms. The fraction of sp³-hybridized carbons (Fsp3) is 0.824. The summed E-state index contributed by atoms with van der Waals surface area (Å²) in [6.45, 7) is 9.40. The number of esters is 1. The summed E-state index contributed by atoms with van der Waals surface area (Å²) >= 11 is 0. The molecule has 112 valence electrons. The smallest absolute Gasteiger partial charge is 0.333 e. The first-order chi connectivity index (χ1) is 9.15. The van der Waals surface area contributed by atoms with Crippen molar-refractivity contribution in [1.82, 2.24) is 0 Å². The zero-order valence-electron chi connectivity index (χ0n) is 12.9. The van der Waals surface area contributed by atoms with E-state index < -0.39 is 11.2 Å². The lowest BCUT2D eigenvalue weighted by Crippen LogP contribution is -2.63. The summed E-state index contributed by atoms with van der Waals surface area (Å²) in [6, 6.07) is 0. The largest absolute Gasteiger partial charge is 0.456 e. The van der Waals surface area contributed by atoms with Gasteiger partial charge in [-0.3, -0.25) is 0 Å². The molecule has 0 heterocycles. The first-order valence-corrected chi connectivity index (χ1v) is 7.76. The molecule has 0 amide bonds. The summed E-state index contributed by atoms with van der Waals surface area (Å²) in [6.07, 6.45) is 6.08. The SMILES string of the molecule is C=C(C)C(=O)OC(C)(C)C12CC3CC(CC(O)(C3)C1)C2. The average Bonchev–Trinajstić information content (AvgIpc) is 2.24. The van der Waals surface area contributed by atoms with Gasteiger partial charge in [-0.05, 0) is 71.1 Å². The number of hydrogen-bond acceptors (Lipinski definition) is 3. The first kappa shape index (κ1) is 14.1. The lowest BCUT2D eigenvalue weighted by Gasteiger charge is -2.64. The highest BCUT2D eigenvalue weighted by molar-refractivity contribution is 5.87. The number of rotatable bonds is 3. The lowest BCUT2D eigenvalue weighted by molar-refractivity contribution is -0.230. The summed E-state index contributed by atoms with van der Waals surface area (Å²) in [7, 11) is 0. The van der Waals surface area contributed by atoms with Crippen molar-refractivity contribution in [3.63, 3.8) is 0 Å². The van der Waals surface area contributed by atoms with Gasteiger partial charge in [0.1, 0.15) is 5.60 Å². The Hall–Kier alpha value is -0.830. The maximum Gasteiger partial charge on any atom is 0.333 e. The Morgan fingerprint density at radius 1 is 1.25 bits per heavy atom. The molecule has 4 aliphatic carbocycles. The molecule has 2 atom stereocenters. The van der Waals surface area contributed by atoms with Crippen LogP contribution in [0.2, 0.25) is 0 Å². The molecular weight excluding hydrogens is 252 g/mol. The summed E-state index contributed by atoms with van der Waals surface area (Å²) in [5, 5.41) is 10.8. The van der Waals surface area contributed by atoms with E-state index in [4.69, 9.17) is 4.74 Å². The van der Waals surface area contributed by atoms with Gasteiger partial charge in [-0.2, -0.15) is 0 Å². The Morgan fingerprint density at radius 2 is 1.80 bits per heavy atom. The van der Waals surface area contributed by atoms with Crippen molar-refractivity contribution < 1.29 is 14.6 Å². The van der Waals surface area contributed by atoms with Crippen LogP contribution < -0.4 is 0 Å². The second-order valence-electron chi connectivity index (χ2n) is 8.15. The second-order valence-corrected chi connectivity index (χ2v) is 8.15. The zero-order valence-corrected chi connectivity index (χ0v) is 12.9. The monoisotopic (exact) mass is 278 g/mol. The molecule has 0 spiro atoms. The van der Waals surface area contributed by atoms with Gasteiger partial charge < -0.3 is 9.84 Å². The highest BCUT2D eigenvalue weighted by Crippen LogP contribution is 2.65. The molecule has 4 saturated carbocycles. The molecule has 0 saturated heterocycles. The minimum atomic E-state index is -0.533. The molecule has 0 aromatic carbocycles. The fourth-order valence-corrected chi connectivity index (χ4v) is 5.35. The molecular formula is C17H26O3. The van der Waals surface area contributed by atoms with E-state index in [1.54, 1.807) is 6.92 Å². The number of hydrogen-bond donors (Lipinski definition) is 1. The first-order valence-electron chi connectivity index (χ1n) is 7.76.